The smallest absolute Gasteiger partial charge is 0.100 e. The van der Waals surface area contributed by atoms with Crippen LogP contribution in [0.25, 0.3) is 0 Å². The summed E-state index contributed by atoms with van der Waals surface area (Å²) >= 11 is 0. The van der Waals surface area contributed by atoms with E-state index in [1.54, 1.807) is 17.1 Å². The van der Waals surface area contributed by atoms with Crippen molar-refractivity contribution < 1.29 is 5.11 Å². The molecular weight excluding hydrogens is 202 g/mol. The van der Waals surface area contributed by atoms with Crippen molar-refractivity contribution in [3.63, 3.8) is 0 Å². The SMILES string of the molecule is Cc1ccc(C(O)Cc2cnn(C)c2)nc1. The molecule has 0 aliphatic carbocycles. The number of pyridine rings is 1. The molecule has 0 radical (unpaired) electrons. The van der Waals surface area contributed by atoms with Crippen molar-refractivity contribution >= 4 is 0 Å². The Bertz CT molecular complexity index is 461. The first kappa shape index (κ1) is 10.8. The molecule has 0 saturated carbocycles. The first-order valence-corrected chi connectivity index (χ1v) is 5.23. The van der Waals surface area contributed by atoms with Crippen LogP contribution in [0.4, 0.5) is 0 Å². The van der Waals surface area contributed by atoms with Gasteiger partial charge in [-0.15, -0.1) is 0 Å². The molecule has 0 amide bonds. The van der Waals surface area contributed by atoms with Gasteiger partial charge < -0.3 is 5.11 Å². The van der Waals surface area contributed by atoms with E-state index in [0.29, 0.717) is 12.1 Å². The van der Waals surface area contributed by atoms with Crippen LogP contribution in [-0.2, 0) is 13.5 Å². The van der Waals surface area contributed by atoms with Crippen molar-refractivity contribution in [1.82, 2.24) is 14.8 Å². The Kier molecular flexibility index (Phi) is 3.01. The molecule has 0 fully saturated rings. The van der Waals surface area contributed by atoms with E-state index < -0.39 is 6.10 Å². The van der Waals surface area contributed by atoms with Crippen LogP contribution in [0.5, 0.6) is 0 Å². The van der Waals surface area contributed by atoms with E-state index in [1.807, 2.05) is 32.3 Å². The average Bonchev–Trinajstić information content (AvgIpc) is 2.65. The molecule has 1 N–H and O–H groups in total. The van der Waals surface area contributed by atoms with E-state index in [4.69, 9.17) is 0 Å². The van der Waals surface area contributed by atoms with E-state index >= 15 is 0 Å². The fourth-order valence-electron chi connectivity index (χ4n) is 1.58. The highest BCUT2D eigenvalue weighted by Crippen LogP contribution is 2.15. The summed E-state index contributed by atoms with van der Waals surface area (Å²) in [6.07, 6.45) is 5.41. The zero-order valence-electron chi connectivity index (χ0n) is 9.46. The Labute approximate surface area is 94.6 Å². The Morgan fingerprint density at radius 3 is 2.75 bits per heavy atom. The molecule has 1 unspecified atom stereocenters. The third-order valence-electron chi connectivity index (χ3n) is 2.46. The molecule has 4 heteroatoms. The van der Waals surface area contributed by atoms with Crippen molar-refractivity contribution in [2.45, 2.75) is 19.4 Å². The number of aliphatic hydroxyl groups excluding tert-OH is 1. The van der Waals surface area contributed by atoms with Gasteiger partial charge in [-0.05, 0) is 24.1 Å². The van der Waals surface area contributed by atoms with Crippen LogP contribution in [-0.4, -0.2) is 19.9 Å². The summed E-state index contributed by atoms with van der Waals surface area (Å²) in [5.41, 5.74) is 2.81. The zero-order chi connectivity index (χ0) is 11.5. The number of hydrogen-bond acceptors (Lipinski definition) is 3. The minimum Gasteiger partial charge on any atom is -0.386 e. The first-order chi connectivity index (χ1) is 7.65. The van der Waals surface area contributed by atoms with Crippen LogP contribution in [0.1, 0.15) is 22.9 Å². The largest absolute Gasteiger partial charge is 0.386 e. The maximum atomic E-state index is 9.97. The molecule has 0 aliphatic rings. The summed E-state index contributed by atoms with van der Waals surface area (Å²) in [5, 5.41) is 14.0. The predicted octanol–water partition coefficient (Wildman–Crippen LogP) is 1.40. The molecule has 0 aliphatic heterocycles. The summed E-state index contributed by atoms with van der Waals surface area (Å²) in [5.74, 6) is 0. The lowest BCUT2D eigenvalue weighted by molar-refractivity contribution is 0.173. The lowest BCUT2D eigenvalue weighted by Gasteiger charge is -2.08. The summed E-state index contributed by atoms with van der Waals surface area (Å²) in [6, 6.07) is 3.81. The lowest BCUT2D eigenvalue weighted by atomic mass is 10.1. The molecule has 2 heterocycles. The standard InChI is InChI=1S/C12H15N3O/c1-9-3-4-11(13-6-9)12(16)5-10-7-14-15(2)8-10/h3-4,6-8,12,16H,5H2,1-2H3. The van der Waals surface area contributed by atoms with Gasteiger partial charge in [0.05, 0.1) is 11.9 Å². The van der Waals surface area contributed by atoms with Crippen LogP contribution < -0.4 is 0 Å². The van der Waals surface area contributed by atoms with Crippen LogP contribution in [0.3, 0.4) is 0 Å². The minimum atomic E-state index is -0.565. The zero-order valence-corrected chi connectivity index (χ0v) is 9.46. The minimum absolute atomic E-state index is 0.546. The van der Waals surface area contributed by atoms with Crippen molar-refractivity contribution in [1.29, 1.82) is 0 Å². The van der Waals surface area contributed by atoms with E-state index in [9.17, 15) is 5.11 Å². The average molecular weight is 217 g/mol. The molecule has 4 nitrogen and oxygen atoms in total. The van der Waals surface area contributed by atoms with Gasteiger partial charge in [-0.1, -0.05) is 6.07 Å². The van der Waals surface area contributed by atoms with Gasteiger partial charge in [0.15, 0.2) is 0 Å². The molecular formula is C12H15N3O. The quantitative estimate of drug-likeness (QED) is 0.845. The maximum Gasteiger partial charge on any atom is 0.100 e. The van der Waals surface area contributed by atoms with Crippen molar-refractivity contribution in [3.8, 4) is 0 Å². The molecule has 1 atom stereocenters. The number of aliphatic hydroxyl groups is 1. The topological polar surface area (TPSA) is 50.9 Å². The molecule has 0 saturated heterocycles. The molecule has 0 aromatic carbocycles. The van der Waals surface area contributed by atoms with E-state index in [-0.39, 0.29) is 0 Å². The Balaban J connectivity index is 2.08. The number of nitrogens with zero attached hydrogens (tertiary/aromatic N) is 3. The summed E-state index contributed by atoms with van der Waals surface area (Å²) in [6.45, 7) is 1.98. The molecule has 16 heavy (non-hydrogen) atoms. The first-order valence-electron chi connectivity index (χ1n) is 5.23. The van der Waals surface area contributed by atoms with Crippen molar-refractivity contribution in [2.75, 3.05) is 0 Å². The van der Waals surface area contributed by atoms with Gasteiger partial charge in [-0.25, -0.2) is 0 Å². The number of aromatic nitrogens is 3. The van der Waals surface area contributed by atoms with Gasteiger partial charge >= 0.3 is 0 Å². The van der Waals surface area contributed by atoms with Gasteiger partial charge in [-0.2, -0.15) is 5.10 Å². The van der Waals surface area contributed by atoms with Gasteiger partial charge in [0.25, 0.3) is 0 Å². The third-order valence-corrected chi connectivity index (χ3v) is 2.46. The Morgan fingerprint density at radius 2 is 2.19 bits per heavy atom. The Morgan fingerprint density at radius 1 is 1.38 bits per heavy atom. The second-order valence-corrected chi connectivity index (χ2v) is 4.00. The molecule has 0 spiro atoms. The third kappa shape index (κ3) is 2.46. The number of hydrogen-bond donors (Lipinski definition) is 1. The fourth-order valence-corrected chi connectivity index (χ4v) is 1.58. The van der Waals surface area contributed by atoms with E-state index in [1.165, 1.54) is 0 Å². The second-order valence-electron chi connectivity index (χ2n) is 4.00. The van der Waals surface area contributed by atoms with Crippen LogP contribution in [0.2, 0.25) is 0 Å². The molecule has 2 aromatic rings. The monoisotopic (exact) mass is 217 g/mol. The summed E-state index contributed by atoms with van der Waals surface area (Å²) in [4.78, 5) is 4.20. The maximum absolute atomic E-state index is 9.97. The van der Waals surface area contributed by atoms with Crippen molar-refractivity contribution in [2.24, 2.45) is 7.05 Å². The van der Waals surface area contributed by atoms with E-state index in [0.717, 1.165) is 11.1 Å². The second kappa shape index (κ2) is 4.45. The number of aryl methyl sites for hydroxylation is 2. The highest BCUT2D eigenvalue weighted by Gasteiger charge is 2.10. The summed E-state index contributed by atoms with van der Waals surface area (Å²) < 4.78 is 1.73. The molecule has 2 aromatic heterocycles. The van der Waals surface area contributed by atoms with E-state index in [2.05, 4.69) is 10.1 Å². The lowest BCUT2D eigenvalue weighted by Crippen LogP contribution is -2.03. The van der Waals surface area contributed by atoms with Crippen LogP contribution in [0, 0.1) is 6.92 Å². The highest BCUT2D eigenvalue weighted by atomic mass is 16.3. The molecule has 84 valence electrons. The van der Waals surface area contributed by atoms with Crippen molar-refractivity contribution in [3.05, 3.63) is 47.5 Å². The Hall–Kier alpha value is -1.68. The van der Waals surface area contributed by atoms with Crippen LogP contribution >= 0.6 is 0 Å². The fraction of sp³-hybridized carbons (Fsp3) is 0.333. The van der Waals surface area contributed by atoms with Crippen LogP contribution in [0.15, 0.2) is 30.7 Å². The molecule has 2 rings (SSSR count). The van der Waals surface area contributed by atoms with Gasteiger partial charge in [0.2, 0.25) is 0 Å². The van der Waals surface area contributed by atoms with Gasteiger partial charge in [0, 0.05) is 25.9 Å². The van der Waals surface area contributed by atoms with Gasteiger partial charge in [0.1, 0.15) is 6.10 Å². The summed E-state index contributed by atoms with van der Waals surface area (Å²) in [7, 11) is 1.86. The predicted molar refractivity (Wildman–Crippen MR) is 60.8 cm³/mol. The van der Waals surface area contributed by atoms with Gasteiger partial charge in [-0.3, -0.25) is 9.67 Å². The highest BCUT2D eigenvalue weighted by molar-refractivity contribution is 5.16. The number of rotatable bonds is 3. The normalized spacial score (nSPS) is 12.7. The molecule has 0 bridgehead atoms.